The fraction of sp³-hybridized carbons (Fsp3) is 0.417. The zero-order valence-electron chi connectivity index (χ0n) is 8.94. The van der Waals surface area contributed by atoms with Gasteiger partial charge in [-0.05, 0) is 25.1 Å². The summed E-state index contributed by atoms with van der Waals surface area (Å²) in [5.41, 5.74) is 1.00. The van der Waals surface area contributed by atoms with Crippen molar-refractivity contribution in [1.82, 2.24) is 5.32 Å². The Morgan fingerprint density at radius 3 is 2.80 bits per heavy atom. The summed E-state index contributed by atoms with van der Waals surface area (Å²) in [6.07, 6.45) is 0.904. The maximum Gasteiger partial charge on any atom is 0.244 e. The van der Waals surface area contributed by atoms with Crippen LogP contribution in [0.25, 0.3) is 0 Å². The number of amides is 1. The normalized spacial score (nSPS) is 21.0. The van der Waals surface area contributed by atoms with Crippen molar-refractivity contribution in [2.24, 2.45) is 0 Å². The van der Waals surface area contributed by atoms with Gasteiger partial charge in [0.1, 0.15) is 0 Å². The molecular formula is C12H16N2O. The van der Waals surface area contributed by atoms with Gasteiger partial charge in [-0.25, -0.2) is 0 Å². The summed E-state index contributed by atoms with van der Waals surface area (Å²) in [5, 5.41) is 3.20. The molecule has 1 atom stereocenters. The van der Waals surface area contributed by atoms with Gasteiger partial charge >= 0.3 is 0 Å². The molecule has 1 unspecified atom stereocenters. The van der Waals surface area contributed by atoms with Crippen LogP contribution >= 0.6 is 0 Å². The average Bonchev–Trinajstić information content (AvgIpc) is 2.63. The molecule has 0 aliphatic carbocycles. The lowest BCUT2D eigenvalue weighted by Crippen LogP contribution is -2.38. The van der Waals surface area contributed by atoms with Crippen LogP contribution in [0.15, 0.2) is 30.3 Å². The standard InChI is InChI=1S/C12H16N2O/c1-2-13-11-8-9-14(12(11)15)10-6-4-3-5-7-10/h3-7,11,13H,2,8-9H2,1H3. The number of benzene rings is 1. The highest BCUT2D eigenvalue weighted by Crippen LogP contribution is 2.20. The molecule has 1 aromatic carbocycles. The van der Waals surface area contributed by atoms with Gasteiger partial charge < -0.3 is 10.2 Å². The van der Waals surface area contributed by atoms with Crippen LogP contribution in [0, 0.1) is 0 Å². The zero-order valence-corrected chi connectivity index (χ0v) is 8.94. The topological polar surface area (TPSA) is 32.3 Å². The molecule has 1 N–H and O–H groups in total. The van der Waals surface area contributed by atoms with Crippen molar-refractivity contribution in [2.75, 3.05) is 18.0 Å². The molecule has 3 nitrogen and oxygen atoms in total. The van der Waals surface area contributed by atoms with Crippen molar-refractivity contribution >= 4 is 11.6 Å². The van der Waals surface area contributed by atoms with Crippen molar-refractivity contribution in [3.05, 3.63) is 30.3 Å². The lowest BCUT2D eigenvalue weighted by atomic mass is 10.2. The molecule has 1 heterocycles. The number of nitrogens with zero attached hydrogens (tertiary/aromatic N) is 1. The fourth-order valence-corrected chi connectivity index (χ4v) is 1.98. The number of anilines is 1. The van der Waals surface area contributed by atoms with E-state index in [1.165, 1.54) is 0 Å². The Morgan fingerprint density at radius 2 is 2.13 bits per heavy atom. The van der Waals surface area contributed by atoms with E-state index in [2.05, 4.69) is 5.32 Å². The van der Waals surface area contributed by atoms with E-state index >= 15 is 0 Å². The van der Waals surface area contributed by atoms with E-state index in [1.807, 2.05) is 42.2 Å². The van der Waals surface area contributed by atoms with Gasteiger partial charge in [-0.3, -0.25) is 4.79 Å². The van der Waals surface area contributed by atoms with Crippen LogP contribution < -0.4 is 10.2 Å². The lowest BCUT2D eigenvalue weighted by molar-refractivity contribution is -0.118. The van der Waals surface area contributed by atoms with Crippen molar-refractivity contribution < 1.29 is 4.79 Å². The molecule has 15 heavy (non-hydrogen) atoms. The summed E-state index contributed by atoms with van der Waals surface area (Å²) in [6, 6.07) is 9.85. The summed E-state index contributed by atoms with van der Waals surface area (Å²) >= 11 is 0. The van der Waals surface area contributed by atoms with Crippen LogP contribution in [0.2, 0.25) is 0 Å². The van der Waals surface area contributed by atoms with E-state index in [0.29, 0.717) is 0 Å². The third-order valence-corrected chi connectivity index (χ3v) is 2.72. The van der Waals surface area contributed by atoms with Crippen LogP contribution in [0.1, 0.15) is 13.3 Å². The number of hydrogen-bond donors (Lipinski definition) is 1. The molecule has 1 aliphatic heterocycles. The van der Waals surface area contributed by atoms with Crippen molar-refractivity contribution in [1.29, 1.82) is 0 Å². The quantitative estimate of drug-likeness (QED) is 0.807. The van der Waals surface area contributed by atoms with Gasteiger partial charge in [0, 0.05) is 12.2 Å². The average molecular weight is 204 g/mol. The number of para-hydroxylation sites is 1. The van der Waals surface area contributed by atoms with Crippen LogP contribution in [-0.4, -0.2) is 25.0 Å². The molecule has 0 radical (unpaired) electrons. The molecule has 0 saturated carbocycles. The second kappa shape index (κ2) is 4.45. The molecule has 1 amide bonds. The molecule has 2 rings (SSSR count). The lowest BCUT2D eigenvalue weighted by Gasteiger charge is -2.16. The van der Waals surface area contributed by atoms with Gasteiger partial charge in [0.25, 0.3) is 0 Å². The second-order valence-corrected chi connectivity index (χ2v) is 3.72. The number of carbonyl (C=O) groups is 1. The number of carbonyl (C=O) groups excluding carboxylic acids is 1. The molecule has 1 fully saturated rings. The molecule has 0 spiro atoms. The third-order valence-electron chi connectivity index (χ3n) is 2.72. The van der Waals surface area contributed by atoms with Crippen LogP contribution in [-0.2, 0) is 4.79 Å². The van der Waals surface area contributed by atoms with Crippen molar-refractivity contribution in [3.8, 4) is 0 Å². The molecule has 1 aromatic rings. The van der Waals surface area contributed by atoms with Gasteiger partial charge in [-0.2, -0.15) is 0 Å². The Balaban J connectivity index is 2.11. The molecule has 0 bridgehead atoms. The zero-order chi connectivity index (χ0) is 10.7. The van der Waals surface area contributed by atoms with E-state index in [-0.39, 0.29) is 11.9 Å². The Bertz CT molecular complexity index is 337. The number of likely N-dealkylation sites (N-methyl/N-ethyl adjacent to an activating group) is 1. The molecule has 3 heteroatoms. The second-order valence-electron chi connectivity index (χ2n) is 3.72. The van der Waals surface area contributed by atoms with Gasteiger partial charge in [0.05, 0.1) is 6.04 Å². The molecule has 1 aliphatic rings. The van der Waals surface area contributed by atoms with Crippen LogP contribution in [0.5, 0.6) is 0 Å². The first kappa shape index (κ1) is 10.2. The fourth-order valence-electron chi connectivity index (χ4n) is 1.98. The number of rotatable bonds is 3. The van der Waals surface area contributed by atoms with E-state index in [4.69, 9.17) is 0 Å². The third kappa shape index (κ3) is 2.02. The highest BCUT2D eigenvalue weighted by atomic mass is 16.2. The number of hydrogen-bond acceptors (Lipinski definition) is 2. The predicted octanol–water partition coefficient (Wildman–Crippen LogP) is 1.40. The highest BCUT2D eigenvalue weighted by molar-refractivity contribution is 5.99. The van der Waals surface area contributed by atoms with Crippen molar-refractivity contribution in [3.63, 3.8) is 0 Å². The molecule has 80 valence electrons. The number of nitrogens with one attached hydrogen (secondary N) is 1. The van der Waals surface area contributed by atoms with Crippen LogP contribution in [0.4, 0.5) is 5.69 Å². The maximum atomic E-state index is 12.0. The monoisotopic (exact) mass is 204 g/mol. The highest BCUT2D eigenvalue weighted by Gasteiger charge is 2.31. The first-order valence-electron chi connectivity index (χ1n) is 5.42. The summed E-state index contributed by atoms with van der Waals surface area (Å²) in [6.45, 7) is 3.69. The van der Waals surface area contributed by atoms with E-state index in [1.54, 1.807) is 0 Å². The minimum Gasteiger partial charge on any atom is -0.311 e. The Hall–Kier alpha value is -1.35. The minimum atomic E-state index is 0.00945. The summed E-state index contributed by atoms with van der Waals surface area (Å²) < 4.78 is 0. The summed E-state index contributed by atoms with van der Waals surface area (Å²) in [7, 11) is 0. The van der Waals surface area contributed by atoms with Crippen LogP contribution in [0.3, 0.4) is 0 Å². The smallest absolute Gasteiger partial charge is 0.244 e. The summed E-state index contributed by atoms with van der Waals surface area (Å²) in [5.74, 6) is 0.197. The van der Waals surface area contributed by atoms with E-state index in [9.17, 15) is 4.79 Å². The Labute approximate surface area is 90.1 Å². The van der Waals surface area contributed by atoms with E-state index < -0.39 is 0 Å². The SMILES string of the molecule is CCNC1CCN(c2ccccc2)C1=O. The molecular weight excluding hydrogens is 188 g/mol. The Morgan fingerprint density at radius 1 is 1.40 bits per heavy atom. The first-order valence-corrected chi connectivity index (χ1v) is 5.42. The van der Waals surface area contributed by atoms with Gasteiger partial charge in [-0.1, -0.05) is 25.1 Å². The van der Waals surface area contributed by atoms with Crippen molar-refractivity contribution in [2.45, 2.75) is 19.4 Å². The maximum absolute atomic E-state index is 12.0. The molecule has 0 aromatic heterocycles. The van der Waals surface area contributed by atoms with Gasteiger partial charge in [0.15, 0.2) is 0 Å². The van der Waals surface area contributed by atoms with E-state index in [0.717, 1.165) is 25.2 Å². The van der Waals surface area contributed by atoms with Gasteiger partial charge in [0.2, 0.25) is 5.91 Å². The minimum absolute atomic E-state index is 0.00945. The predicted molar refractivity (Wildman–Crippen MR) is 60.9 cm³/mol. The largest absolute Gasteiger partial charge is 0.311 e. The van der Waals surface area contributed by atoms with Gasteiger partial charge in [-0.15, -0.1) is 0 Å². The Kier molecular flexibility index (Phi) is 3.02. The first-order chi connectivity index (χ1) is 7.33. The summed E-state index contributed by atoms with van der Waals surface area (Å²) in [4.78, 5) is 13.8. The molecule has 1 saturated heterocycles.